The van der Waals surface area contributed by atoms with Crippen LogP contribution in [0.5, 0.6) is 0 Å². The molecule has 170 valence electrons. The number of rotatable bonds is 6. The zero-order valence-corrected chi connectivity index (χ0v) is 18.4. The van der Waals surface area contributed by atoms with Gasteiger partial charge in [0.25, 0.3) is 0 Å². The zero-order valence-electron chi connectivity index (χ0n) is 18.4. The molecule has 2 aliphatic heterocycles. The number of hydrogen-bond acceptors (Lipinski definition) is 8. The van der Waals surface area contributed by atoms with Crippen LogP contribution in [0.3, 0.4) is 0 Å². The van der Waals surface area contributed by atoms with Crippen LogP contribution in [0.25, 0.3) is 0 Å². The van der Waals surface area contributed by atoms with Gasteiger partial charge in [0.15, 0.2) is 5.82 Å². The largest absolute Gasteiger partial charge is 0.456 e. The van der Waals surface area contributed by atoms with Gasteiger partial charge in [-0.3, -0.25) is 4.79 Å². The Hall–Kier alpha value is -3.21. The summed E-state index contributed by atoms with van der Waals surface area (Å²) in [5, 5.41) is 18.5. The number of amides is 1. The Balaban J connectivity index is 1.31. The van der Waals surface area contributed by atoms with Gasteiger partial charge in [0.2, 0.25) is 5.91 Å². The van der Waals surface area contributed by atoms with Gasteiger partial charge < -0.3 is 20.8 Å². The Kier molecular flexibility index (Phi) is 6.26. The number of carbonyl (C=O) groups is 2. The molecular formula is C21H28N8O3. The molecule has 1 aromatic heterocycles. The summed E-state index contributed by atoms with van der Waals surface area (Å²) in [6, 6.07) is 2.26. The van der Waals surface area contributed by atoms with E-state index in [2.05, 4.69) is 30.8 Å². The monoisotopic (exact) mass is 440 g/mol. The molecule has 1 spiro atoms. The van der Waals surface area contributed by atoms with E-state index in [9.17, 15) is 9.59 Å². The van der Waals surface area contributed by atoms with E-state index in [1.165, 1.54) is 6.34 Å². The molecule has 1 aliphatic carbocycles. The third-order valence-electron chi connectivity index (χ3n) is 6.74. The zero-order chi connectivity index (χ0) is 22.7. The molecule has 1 saturated heterocycles. The fourth-order valence-electron chi connectivity index (χ4n) is 4.77. The van der Waals surface area contributed by atoms with E-state index in [1.54, 1.807) is 11.8 Å². The summed E-state index contributed by atoms with van der Waals surface area (Å²) in [6.45, 7) is 5.11. The van der Waals surface area contributed by atoms with E-state index in [0.29, 0.717) is 30.5 Å². The lowest BCUT2D eigenvalue weighted by Crippen LogP contribution is -2.42. The highest BCUT2D eigenvalue weighted by Crippen LogP contribution is 2.46. The number of likely N-dealkylation sites (tertiary alicyclic amines) is 1. The number of aryl methyl sites for hydroxylation is 1. The summed E-state index contributed by atoms with van der Waals surface area (Å²) >= 11 is 0. The Labute approximate surface area is 186 Å². The second kappa shape index (κ2) is 9.11. The van der Waals surface area contributed by atoms with Crippen molar-refractivity contribution in [2.45, 2.75) is 58.5 Å². The van der Waals surface area contributed by atoms with E-state index >= 15 is 0 Å². The van der Waals surface area contributed by atoms with Gasteiger partial charge in [-0.05, 0) is 57.6 Å². The molecule has 32 heavy (non-hydrogen) atoms. The average Bonchev–Trinajstić information content (AvgIpc) is 3.28. The van der Waals surface area contributed by atoms with Crippen molar-refractivity contribution in [2.24, 2.45) is 26.6 Å². The minimum Gasteiger partial charge on any atom is -0.456 e. The predicted molar refractivity (Wildman–Crippen MR) is 115 cm³/mol. The first kappa shape index (κ1) is 22.0. The number of nitrogens with zero attached hydrogens (tertiary/aromatic N) is 6. The van der Waals surface area contributed by atoms with E-state index in [4.69, 9.17) is 10.6 Å². The Bertz CT molecular complexity index is 995. The maximum absolute atomic E-state index is 13.2. The maximum Gasteiger partial charge on any atom is 0.336 e. The van der Waals surface area contributed by atoms with Crippen molar-refractivity contribution in [3.05, 3.63) is 28.6 Å². The van der Waals surface area contributed by atoms with Gasteiger partial charge in [-0.1, -0.05) is 5.22 Å². The first-order valence-electron chi connectivity index (χ1n) is 10.8. The molecule has 1 saturated carbocycles. The van der Waals surface area contributed by atoms with Crippen molar-refractivity contribution in [2.75, 3.05) is 13.2 Å². The molecule has 2 fully saturated rings. The van der Waals surface area contributed by atoms with Crippen molar-refractivity contribution < 1.29 is 14.3 Å². The molecule has 0 radical (unpaired) electrons. The molecule has 1 aromatic rings. The van der Waals surface area contributed by atoms with Crippen LogP contribution in [-0.2, 0) is 20.9 Å². The topological polar surface area (TPSA) is 148 Å². The molecule has 3 N–H and O–H groups in total. The quantitative estimate of drug-likeness (QED) is 0.171. The standard InChI is InChI=1S/C21H28N8O3/c1-13-9-16(26-27-18(13)24-12-25-28-22)10-23-15-3-5-21(6-4-15)7-8-29(20(21)31)17-11-32-19(30)14(17)2/h9,12,15,23H,3-8,10-11H2,1-2H3,(H2,22,24,25,27). The van der Waals surface area contributed by atoms with Crippen LogP contribution in [0.1, 0.15) is 50.3 Å². The van der Waals surface area contributed by atoms with Crippen LogP contribution in [0, 0.1) is 12.3 Å². The number of nitrogens with two attached hydrogens (primary N) is 1. The van der Waals surface area contributed by atoms with Crippen molar-refractivity contribution in [3.8, 4) is 0 Å². The minimum atomic E-state index is -0.319. The summed E-state index contributed by atoms with van der Waals surface area (Å²) in [7, 11) is 0. The lowest BCUT2D eigenvalue weighted by atomic mass is 9.71. The lowest BCUT2D eigenvalue weighted by molar-refractivity contribution is -0.138. The SMILES string of the molecule is CC1=C(N2CCC3(CCC(NCc4cc(C)c(N=CN=NN)nn4)CC3)C2=O)COC1=O. The Morgan fingerprint density at radius 3 is 2.72 bits per heavy atom. The molecule has 0 aromatic carbocycles. The van der Waals surface area contributed by atoms with Crippen LogP contribution in [0.4, 0.5) is 5.82 Å². The maximum atomic E-state index is 13.2. The number of aliphatic imine (C=N–C) groups is 1. The van der Waals surface area contributed by atoms with Gasteiger partial charge in [-0.2, -0.15) is 5.10 Å². The number of esters is 1. The third kappa shape index (κ3) is 4.24. The number of carbonyl (C=O) groups excluding carboxylic acids is 2. The first-order chi connectivity index (χ1) is 15.4. The van der Waals surface area contributed by atoms with Crippen LogP contribution >= 0.6 is 0 Å². The van der Waals surface area contributed by atoms with Crippen LogP contribution < -0.4 is 11.2 Å². The van der Waals surface area contributed by atoms with Gasteiger partial charge in [-0.25, -0.2) is 9.79 Å². The van der Waals surface area contributed by atoms with Gasteiger partial charge in [0, 0.05) is 19.1 Å². The second-order valence-electron chi connectivity index (χ2n) is 8.61. The summed E-state index contributed by atoms with van der Waals surface area (Å²) in [5.74, 6) is 5.25. The summed E-state index contributed by atoms with van der Waals surface area (Å²) in [5.41, 5.74) is 2.71. The van der Waals surface area contributed by atoms with Gasteiger partial charge in [0.05, 0.1) is 22.4 Å². The lowest BCUT2D eigenvalue weighted by Gasteiger charge is -2.36. The highest BCUT2D eigenvalue weighted by molar-refractivity contribution is 5.94. The van der Waals surface area contributed by atoms with Crippen molar-refractivity contribution in [1.29, 1.82) is 0 Å². The van der Waals surface area contributed by atoms with Crippen LogP contribution in [0.2, 0.25) is 0 Å². The van der Waals surface area contributed by atoms with E-state index in [-0.39, 0.29) is 23.9 Å². The normalized spacial score (nSPS) is 26.3. The number of aromatic nitrogens is 2. The van der Waals surface area contributed by atoms with E-state index in [1.807, 2.05) is 13.0 Å². The smallest absolute Gasteiger partial charge is 0.336 e. The highest BCUT2D eigenvalue weighted by atomic mass is 16.5. The molecule has 11 heteroatoms. The summed E-state index contributed by atoms with van der Waals surface area (Å²) in [4.78, 5) is 30.8. The molecule has 11 nitrogen and oxygen atoms in total. The minimum absolute atomic E-state index is 0.149. The van der Waals surface area contributed by atoms with Gasteiger partial charge in [0.1, 0.15) is 12.9 Å². The number of nitrogens with one attached hydrogen (secondary N) is 1. The predicted octanol–water partition coefficient (Wildman–Crippen LogP) is 1.85. The van der Waals surface area contributed by atoms with Crippen molar-refractivity contribution in [3.63, 3.8) is 0 Å². The van der Waals surface area contributed by atoms with Crippen molar-refractivity contribution in [1.82, 2.24) is 20.4 Å². The van der Waals surface area contributed by atoms with E-state index in [0.717, 1.165) is 49.1 Å². The molecule has 4 rings (SSSR count). The Morgan fingerprint density at radius 2 is 2.06 bits per heavy atom. The molecule has 0 atom stereocenters. The first-order valence-corrected chi connectivity index (χ1v) is 10.8. The van der Waals surface area contributed by atoms with Crippen molar-refractivity contribution >= 4 is 24.0 Å². The average molecular weight is 441 g/mol. The summed E-state index contributed by atoms with van der Waals surface area (Å²) < 4.78 is 5.10. The summed E-state index contributed by atoms with van der Waals surface area (Å²) in [6.07, 6.45) is 5.59. The fraction of sp³-hybridized carbons (Fsp3) is 0.571. The van der Waals surface area contributed by atoms with Crippen LogP contribution in [-0.4, -0.2) is 52.5 Å². The molecule has 3 aliphatic rings. The molecule has 0 unspecified atom stereocenters. The molecular weight excluding hydrogens is 412 g/mol. The van der Waals surface area contributed by atoms with Crippen LogP contribution in [0.15, 0.2) is 32.7 Å². The number of ether oxygens (including phenoxy) is 1. The van der Waals surface area contributed by atoms with Gasteiger partial charge >= 0.3 is 5.97 Å². The fourth-order valence-corrected chi connectivity index (χ4v) is 4.77. The van der Waals surface area contributed by atoms with Gasteiger partial charge in [-0.15, -0.1) is 10.2 Å². The number of cyclic esters (lactones) is 1. The highest BCUT2D eigenvalue weighted by Gasteiger charge is 2.50. The Morgan fingerprint density at radius 1 is 1.28 bits per heavy atom. The molecule has 3 heterocycles. The third-order valence-corrected chi connectivity index (χ3v) is 6.74. The molecule has 0 bridgehead atoms. The molecule has 1 amide bonds. The van der Waals surface area contributed by atoms with E-state index < -0.39 is 0 Å². The second-order valence-corrected chi connectivity index (χ2v) is 8.61. The number of hydrogen-bond donors (Lipinski definition) is 2.